The molecule has 1 unspecified atom stereocenters. The Morgan fingerprint density at radius 1 is 1.17 bits per heavy atom. The Morgan fingerprint density at radius 2 is 1.89 bits per heavy atom. The Kier molecular flexibility index (Phi) is 4.24. The van der Waals surface area contributed by atoms with E-state index in [0.29, 0.717) is 17.2 Å². The molecule has 0 aliphatic carbocycles. The highest BCUT2D eigenvalue weighted by atomic mass is 35.5. The quantitative estimate of drug-likeness (QED) is 0.912. The minimum Gasteiger partial charge on any atom is -0.495 e. The van der Waals surface area contributed by atoms with E-state index in [0.717, 1.165) is 11.1 Å². The van der Waals surface area contributed by atoms with Gasteiger partial charge in [-0.2, -0.15) is 0 Å². The Labute approximate surface area is 112 Å². The molecule has 94 valence electrons. The van der Waals surface area contributed by atoms with Gasteiger partial charge < -0.3 is 9.84 Å². The van der Waals surface area contributed by atoms with E-state index in [4.69, 9.17) is 16.3 Å². The highest BCUT2D eigenvalue weighted by Crippen LogP contribution is 2.28. The first-order valence-electron chi connectivity index (χ1n) is 5.76. The Bertz CT molecular complexity index is 511. The normalized spacial score (nSPS) is 12.2. The van der Waals surface area contributed by atoms with E-state index in [1.807, 2.05) is 36.4 Å². The summed E-state index contributed by atoms with van der Waals surface area (Å²) >= 11 is 6.04. The van der Waals surface area contributed by atoms with Crippen LogP contribution >= 0.6 is 11.6 Å². The molecule has 0 saturated heterocycles. The molecule has 0 aliphatic rings. The molecule has 3 heteroatoms. The molecular formula is C15H15ClO2. The summed E-state index contributed by atoms with van der Waals surface area (Å²) < 4.78 is 5.08. The maximum atomic E-state index is 10.2. The lowest BCUT2D eigenvalue weighted by Crippen LogP contribution is -2.02. The monoisotopic (exact) mass is 262 g/mol. The molecule has 0 aliphatic heterocycles. The molecule has 2 rings (SSSR count). The lowest BCUT2D eigenvalue weighted by molar-refractivity contribution is 0.178. The van der Waals surface area contributed by atoms with Gasteiger partial charge in [-0.15, -0.1) is 0 Å². The van der Waals surface area contributed by atoms with Crippen LogP contribution in [0.4, 0.5) is 0 Å². The first-order chi connectivity index (χ1) is 8.70. The van der Waals surface area contributed by atoms with Gasteiger partial charge in [0.2, 0.25) is 0 Å². The van der Waals surface area contributed by atoms with Crippen molar-refractivity contribution in [3.05, 3.63) is 64.7 Å². The maximum absolute atomic E-state index is 10.2. The molecule has 18 heavy (non-hydrogen) atoms. The summed E-state index contributed by atoms with van der Waals surface area (Å²) in [6.45, 7) is 0. The summed E-state index contributed by atoms with van der Waals surface area (Å²) in [5.74, 6) is 0.618. The van der Waals surface area contributed by atoms with Crippen molar-refractivity contribution in [1.82, 2.24) is 0 Å². The van der Waals surface area contributed by atoms with Gasteiger partial charge in [0, 0.05) is 6.42 Å². The van der Waals surface area contributed by atoms with Crippen molar-refractivity contribution in [3.63, 3.8) is 0 Å². The zero-order valence-corrected chi connectivity index (χ0v) is 10.9. The number of hydrogen-bond donors (Lipinski definition) is 1. The summed E-state index contributed by atoms with van der Waals surface area (Å²) in [4.78, 5) is 0. The molecule has 2 nitrogen and oxygen atoms in total. The van der Waals surface area contributed by atoms with Gasteiger partial charge in [-0.1, -0.05) is 48.0 Å². The van der Waals surface area contributed by atoms with Gasteiger partial charge in [0.1, 0.15) is 5.75 Å². The van der Waals surface area contributed by atoms with Gasteiger partial charge in [0.05, 0.1) is 18.2 Å². The number of aliphatic hydroxyl groups is 1. The highest BCUT2D eigenvalue weighted by Gasteiger charge is 2.10. The van der Waals surface area contributed by atoms with E-state index in [9.17, 15) is 5.11 Å². The molecule has 0 aromatic heterocycles. The van der Waals surface area contributed by atoms with Crippen molar-refractivity contribution >= 4 is 11.6 Å². The maximum Gasteiger partial charge on any atom is 0.137 e. The second kappa shape index (κ2) is 5.89. The van der Waals surface area contributed by atoms with Crippen molar-refractivity contribution in [1.29, 1.82) is 0 Å². The standard InChI is InChI=1S/C15H15ClO2/c1-18-15-8-7-12(10-13(15)16)14(17)9-11-5-3-2-4-6-11/h2-8,10,14,17H,9H2,1H3. The molecule has 0 heterocycles. The summed E-state index contributed by atoms with van der Waals surface area (Å²) in [6.07, 6.45) is 0.0135. The summed E-state index contributed by atoms with van der Waals surface area (Å²) in [6, 6.07) is 15.2. The van der Waals surface area contributed by atoms with Gasteiger partial charge in [0.15, 0.2) is 0 Å². The topological polar surface area (TPSA) is 29.5 Å². The average molecular weight is 263 g/mol. The molecule has 1 atom stereocenters. The van der Waals surface area contributed by atoms with Crippen LogP contribution < -0.4 is 4.74 Å². The van der Waals surface area contributed by atoms with E-state index < -0.39 is 6.10 Å². The van der Waals surface area contributed by atoms with E-state index in [-0.39, 0.29) is 0 Å². The fourth-order valence-corrected chi connectivity index (χ4v) is 2.11. The number of methoxy groups -OCH3 is 1. The van der Waals surface area contributed by atoms with Crippen LogP contribution in [0.2, 0.25) is 5.02 Å². The minimum absolute atomic E-state index is 0.516. The zero-order chi connectivity index (χ0) is 13.0. The predicted octanol–water partition coefficient (Wildman–Crippen LogP) is 3.62. The second-order valence-electron chi connectivity index (χ2n) is 4.10. The van der Waals surface area contributed by atoms with Gasteiger partial charge in [-0.25, -0.2) is 0 Å². The van der Waals surface area contributed by atoms with Gasteiger partial charge in [0.25, 0.3) is 0 Å². The summed E-state index contributed by atoms with van der Waals surface area (Å²) in [7, 11) is 1.57. The third kappa shape index (κ3) is 3.03. The molecule has 0 radical (unpaired) electrons. The largest absolute Gasteiger partial charge is 0.495 e. The second-order valence-corrected chi connectivity index (χ2v) is 4.51. The molecule has 1 N–H and O–H groups in total. The summed E-state index contributed by atoms with van der Waals surface area (Å²) in [5, 5.41) is 10.7. The van der Waals surface area contributed by atoms with Gasteiger partial charge in [-0.05, 0) is 23.3 Å². The van der Waals surface area contributed by atoms with Crippen LogP contribution in [0.1, 0.15) is 17.2 Å². The number of halogens is 1. The van der Waals surface area contributed by atoms with Gasteiger partial charge in [-0.3, -0.25) is 0 Å². The van der Waals surface area contributed by atoms with Gasteiger partial charge >= 0.3 is 0 Å². The molecule has 2 aromatic rings. The molecule has 0 bridgehead atoms. The average Bonchev–Trinajstić information content (AvgIpc) is 2.39. The number of benzene rings is 2. The highest BCUT2D eigenvalue weighted by molar-refractivity contribution is 6.32. The van der Waals surface area contributed by atoms with E-state index >= 15 is 0 Å². The van der Waals surface area contributed by atoms with Crippen molar-refractivity contribution in [2.24, 2.45) is 0 Å². The predicted molar refractivity (Wildman–Crippen MR) is 73.1 cm³/mol. The SMILES string of the molecule is COc1ccc(C(O)Cc2ccccc2)cc1Cl. The minimum atomic E-state index is -0.559. The Balaban J connectivity index is 2.14. The molecule has 0 saturated carbocycles. The first-order valence-corrected chi connectivity index (χ1v) is 6.14. The van der Waals surface area contributed by atoms with Crippen LogP contribution in [0, 0.1) is 0 Å². The lowest BCUT2D eigenvalue weighted by Gasteiger charge is -2.12. The molecule has 0 amide bonds. The fourth-order valence-electron chi connectivity index (χ4n) is 1.85. The number of rotatable bonds is 4. The molecule has 0 spiro atoms. The van der Waals surface area contributed by atoms with Crippen LogP contribution in [0.25, 0.3) is 0 Å². The smallest absolute Gasteiger partial charge is 0.137 e. The van der Waals surface area contributed by atoms with Crippen molar-refractivity contribution in [3.8, 4) is 5.75 Å². The lowest BCUT2D eigenvalue weighted by atomic mass is 10.0. The molecular weight excluding hydrogens is 248 g/mol. The molecule has 2 aromatic carbocycles. The van der Waals surface area contributed by atoms with Crippen molar-refractivity contribution in [2.75, 3.05) is 7.11 Å². The third-order valence-corrected chi connectivity index (χ3v) is 3.13. The number of aliphatic hydroxyl groups excluding tert-OH is 1. The van der Waals surface area contributed by atoms with E-state index in [2.05, 4.69) is 0 Å². The Morgan fingerprint density at radius 3 is 2.50 bits per heavy atom. The number of hydrogen-bond acceptors (Lipinski definition) is 2. The fraction of sp³-hybridized carbons (Fsp3) is 0.200. The van der Waals surface area contributed by atoms with Crippen LogP contribution in [-0.4, -0.2) is 12.2 Å². The molecule has 0 fully saturated rings. The third-order valence-electron chi connectivity index (χ3n) is 2.83. The number of ether oxygens (including phenoxy) is 1. The van der Waals surface area contributed by atoms with E-state index in [1.165, 1.54) is 0 Å². The first kappa shape index (κ1) is 12.9. The Hall–Kier alpha value is -1.51. The van der Waals surface area contributed by atoms with E-state index in [1.54, 1.807) is 19.2 Å². The van der Waals surface area contributed by atoms with Crippen LogP contribution in [-0.2, 0) is 6.42 Å². The van der Waals surface area contributed by atoms with Crippen molar-refractivity contribution in [2.45, 2.75) is 12.5 Å². The zero-order valence-electron chi connectivity index (χ0n) is 10.1. The van der Waals surface area contributed by atoms with Crippen LogP contribution in [0.3, 0.4) is 0 Å². The van der Waals surface area contributed by atoms with Crippen molar-refractivity contribution < 1.29 is 9.84 Å². The van der Waals surface area contributed by atoms with Crippen LogP contribution in [0.15, 0.2) is 48.5 Å². The summed E-state index contributed by atoms with van der Waals surface area (Å²) in [5.41, 5.74) is 1.89. The van der Waals surface area contributed by atoms with Crippen LogP contribution in [0.5, 0.6) is 5.75 Å².